The number of carbonyl (C=O) groups is 1. The van der Waals surface area contributed by atoms with Crippen LogP contribution in [-0.2, 0) is 11.2 Å². The minimum absolute atomic E-state index is 0.115. The first-order valence-electron chi connectivity index (χ1n) is 6.95. The second-order valence-electron chi connectivity index (χ2n) is 4.66. The lowest BCUT2D eigenvalue weighted by atomic mass is 10.1. The Morgan fingerprint density at radius 2 is 1.86 bits per heavy atom. The van der Waals surface area contributed by atoms with Crippen LogP contribution in [0.5, 0.6) is 5.75 Å². The van der Waals surface area contributed by atoms with Crippen molar-refractivity contribution in [3.05, 3.63) is 59.1 Å². The highest BCUT2D eigenvalue weighted by atomic mass is 35.5. The minimum Gasteiger partial charge on any atom is -0.491 e. The topological polar surface area (TPSA) is 38.3 Å². The van der Waals surface area contributed by atoms with Gasteiger partial charge in [-0.15, -0.1) is 0 Å². The number of ether oxygens (including phenoxy) is 1. The van der Waals surface area contributed by atoms with E-state index in [2.05, 4.69) is 5.32 Å². The van der Waals surface area contributed by atoms with Gasteiger partial charge in [-0.3, -0.25) is 4.79 Å². The van der Waals surface area contributed by atoms with E-state index in [0.717, 1.165) is 12.0 Å². The van der Waals surface area contributed by atoms with Gasteiger partial charge in [0.1, 0.15) is 5.75 Å². The number of hydrogen-bond acceptors (Lipinski definition) is 2. The minimum atomic E-state index is -0.115. The summed E-state index contributed by atoms with van der Waals surface area (Å²) in [6, 6.07) is 14.8. The normalized spacial score (nSPS) is 10.2. The Morgan fingerprint density at radius 1 is 1.14 bits per heavy atom. The van der Waals surface area contributed by atoms with E-state index in [4.69, 9.17) is 16.3 Å². The highest BCUT2D eigenvalue weighted by Gasteiger charge is 2.10. The summed E-state index contributed by atoms with van der Waals surface area (Å²) in [7, 11) is 0. The second-order valence-corrected chi connectivity index (χ2v) is 5.07. The summed E-state index contributed by atoms with van der Waals surface area (Å²) in [4.78, 5) is 12.1. The third kappa shape index (κ3) is 4.50. The average molecular weight is 304 g/mol. The van der Waals surface area contributed by atoms with Crippen LogP contribution in [0.3, 0.4) is 0 Å². The fraction of sp³-hybridized carbons (Fsp3) is 0.235. The van der Waals surface area contributed by atoms with Crippen LogP contribution in [0.25, 0.3) is 0 Å². The van der Waals surface area contributed by atoms with Crippen molar-refractivity contribution in [2.45, 2.75) is 19.8 Å². The van der Waals surface area contributed by atoms with Crippen LogP contribution in [0.1, 0.15) is 18.9 Å². The van der Waals surface area contributed by atoms with Crippen molar-refractivity contribution in [2.75, 3.05) is 11.9 Å². The molecule has 0 radical (unpaired) electrons. The van der Waals surface area contributed by atoms with E-state index in [1.165, 1.54) is 0 Å². The molecular formula is C17H18ClNO2. The molecule has 0 aliphatic rings. The van der Waals surface area contributed by atoms with Gasteiger partial charge in [0.15, 0.2) is 0 Å². The van der Waals surface area contributed by atoms with Gasteiger partial charge in [-0.05, 0) is 30.2 Å². The molecule has 0 heterocycles. The Labute approximate surface area is 129 Å². The second kappa shape index (κ2) is 7.70. The quantitative estimate of drug-likeness (QED) is 0.863. The molecule has 110 valence electrons. The molecule has 1 amide bonds. The van der Waals surface area contributed by atoms with E-state index in [1.54, 1.807) is 6.07 Å². The van der Waals surface area contributed by atoms with Crippen molar-refractivity contribution in [3.63, 3.8) is 0 Å². The molecule has 0 bridgehead atoms. The summed E-state index contributed by atoms with van der Waals surface area (Å²) >= 11 is 6.07. The monoisotopic (exact) mass is 303 g/mol. The van der Waals surface area contributed by atoms with E-state index in [-0.39, 0.29) is 12.3 Å². The molecule has 2 rings (SSSR count). The molecule has 0 aliphatic carbocycles. The average Bonchev–Trinajstić information content (AvgIpc) is 2.49. The van der Waals surface area contributed by atoms with Gasteiger partial charge in [-0.25, -0.2) is 0 Å². The van der Waals surface area contributed by atoms with E-state index in [1.807, 2.05) is 49.4 Å². The van der Waals surface area contributed by atoms with Crippen LogP contribution in [0.4, 0.5) is 5.69 Å². The van der Waals surface area contributed by atoms with Gasteiger partial charge in [0, 0.05) is 5.02 Å². The van der Waals surface area contributed by atoms with Gasteiger partial charge < -0.3 is 10.1 Å². The maximum Gasteiger partial charge on any atom is 0.228 e. The van der Waals surface area contributed by atoms with Crippen molar-refractivity contribution in [1.82, 2.24) is 0 Å². The molecule has 0 aromatic heterocycles. The molecule has 0 unspecified atom stereocenters. The lowest BCUT2D eigenvalue weighted by molar-refractivity contribution is -0.115. The fourth-order valence-electron chi connectivity index (χ4n) is 1.92. The first-order valence-corrected chi connectivity index (χ1v) is 7.33. The van der Waals surface area contributed by atoms with Crippen LogP contribution in [-0.4, -0.2) is 12.5 Å². The lowest BCUT2D eigenvalue weighted by Crippen LogP contribution is -2.15. The number of rotatable bonds is 6. The number of carbonyl (C=O) groups excluding carboxylic acids is 1. The van der Waals surface area contributed by atoms with E-state index in [9.17, 15) is 4.79 Å². The van der Waals surface area contributed by atoms with Gasteiger partial charge in [0.05, 0.1) is 18.7 Å². The molecule has 0 spiro atoms. The van der Waals surface area contributed by atoms with E-state index >= 15 is 0 Å². The number of hydrogen-bond donors (Lipinski definition) is 1. The van der Waals surface area contributed by atoms with Crippen LogP contribution in [0, 0.1) is 0 Å². The molecule has 0 aliphatic heterocycles. The van der Waals surface area contributed by atoms with Gasteiger partial charge in [-0.1, -0.05) is 48.9 Å². The molecule has 0 saturated heterocycles. The molecule has 0 fully saturated rings. The van der Waals surface area contributed by atoms with Crippen LogP contribution in [0.2, 0.25) is 5.02 Å². The zero-order chi connectivity index (χ0) is 15.1. The van der Waals surface area contributed by atoms with Gasteiger partial charge in [0.2, 0.25) is 5.91 Å². The zero-order valence-electron chi connectivity index (χ0n) is 11.9. The van der Waals surface area contributed by atoms with Crippen LogP contribution in [0.15, 0.2) is 48.5 Å². The Balaban J connectivity index is 2.04. The first-order chi connectivity index (χ1) is 10.2. The Morgan fingerprint density at radius 3 is 2.62 bits per heavy atom. The zero-order valence-corrected chi connectivity index (χ0v) is 12.7. The highest BCUT2D eigenvalue weighted by molar-refractivity contribution is 6.31. The number of para-hydroxylation sites is 2. The van der Waals surface area contributed by atoms with Gasteiger partial charge >= 0.3 is 0 Å². The van der Waals surface area contributed by atoms with Crippen molar-refractivity contribution in [3.8, 4) is 5.75 Å². The Bertz CT molecular complexity index is 613. The summed E-state index contributed by atoms with van der Waals surface area (Å²) < 4.78 is 5.62. The van der Waals surface area contributed by atoms with Crippen LogP contribution < -0.4 is 10.1 Å². The number of anilines is 1. The molecule has 4 heteroatoms. The van der Waals surface area contributed by atoms with Crippen molar-refractivity contribution >= 4 is 23.2 Å². The smallest absolute Gasteiger partial charge is 0.228 e. The molecule has 0 atom stereocenters. The molecule has 3 nitrogen and oxygen atoms in total. The van der Waals surface area contributed by atoms with E-state index in [0.29, 0.717) is 23.1 Å². The molecule has 1 N–H and O–H groups in total. The predicted molar refractivity (Wildman–Crippen MR) is 86.0 cm³/mol. The third-order valence-electron chi connectivity index (χ3n) is 2.93. The summed E-state index contributed by atoms with van der Waals surface area (Å²) in [5.74, 6) is 0.572. The number of halogens is 1. The third-order valence-corrected chi connectivity index (χ3v) is 3.30. The maximum atomic E-state index is 12.1. The summed E-state index contributed by atoms with van der Waals surface area (Å²) in [6.45, 7) is 2.66. The van der Waals surface area contributed by atoms with E-state index < -0.39 is 0 Å². The molecule has 21 heavy (non-hydrogen) atoms. The number of amides is 1. The number of benzene rings is 2. The fourth-order valence-corrected chi connectivity index (χ4v) is 2.12. The molecule has 0 saturated carbocycles. The van der Waals surface area contributed by atoms with Crippen molar-refractivity contribution in [2.24, 2.45) is 0 Å². The van der Waals surface area contributed by atoms with Crippen molar-refractivity contribution < 1.29 is 9.53 Å². The molecule has 2 aromatic rings. The van der Waals surface area contributed by atoms with Crippen LogP contribution >= 0.6 is 11.6 Å². The Hall–Kier alpha value is -2.00. The first kappa shape index (κ1) is 15.4. The largest absolute Gasteiger partial charge is 0.491 e. The lowest BCUT2D eigenvalue weighted by Gasteiger charge is -2.12. The molecular weight excluding hydrogens is 286 g/mol. The predicted octanol–water partition coefficient (Wildman–Crippen LogP) is 4.31. The highest BCUT2D eigenvalue weighted by Crippen LogP contribution is 2.24. The standard InChI is InChI=1S/C17H18ClNO2/c1-2-11-21-16-10-6-5-9-15(16)19-17(20)12-13-7-3-4-8-14(13)18/h3-10H,2,11-12H2,1H3,(H,19,20). The maximum absolute atomic E-state index is 12.1. The number of nitrogens with one attached hydrogen (secondary N) is 1. The SMILES string of the molecule is CCCOc1ccccc1NC(=O)Cc1ccccc1Cl. The van der Waals surface area contributed by atoms with Crippen molar-refractivity contribution in [1.29, 1.82) is 0 Å². The van der Waals surface area contributed by atoms with Gasteiger partial charge in [-0.2, -0.15) is 0 Å². The Kier molecular flexibility index (Phi) is 5.64. The molecule has 2 aromatic carbocycles. The summed E-state index contributed by atoms with van der Waals surface area (Å²) in [6.07, 6.45) is 1.16. The summed E-state index contributed by atoms with van der Waals surface area (Å²) in [5.41, 5.74) is 1.49. The van der Waals surface area contributed by atoms with Gasteiger partial charge in [0.25, 0.3) is 0 Å². The summed E-state index contributed by atoms with van der Waals surface area (Å²) in [5, 5.41) is 3.47.